The van der Waals surface area contributed by atoms with Crippen LogP contribution in [-0.2, 0) is 0 Å². The summed E-state index contributed by atoms with van der Waals surface area (Å²) in [7, 11) is 3.14. The zero-order valence-electron chi connectivity index (χ0n) is 12.6. The first-order valence-electron chi connectivity index (χ1n) is 6.89. The van der Waals surface area contributed by atoms with Crippen LogP contribution in [0.4, 0.5) is 0 Å². The Hall–Kier alpha value is -1.46. The third-order valence-corrected chi connectivity index (χ3v) is 3.75. The van der Waals surface area contributed by atoms with Gasteiger partial charge in [-0.25, -0.2) is 0 Å². The Labute approximate surface area is 131 Å². The average Bonchev–Trinajstić information content (AvgIpc) is 2.48. The third kappa shape index (κ3) is 4.25. The SMILES string of the molecule is COc1ccc(C(=O)NC2CCNCC2C)cc1OC.Cl. The summed E-state index contributed by atoms with van der Waals surface area (Å²) >= 11 is 0. The second kappa shape index (κ2) is 8.10. The molecule has 0 radical (unpaired) electrons. The normalized spacial score (nSPS) is 21.1. The molecule has 1 fully saturated rings. The van der Waals surface area contributed by atoms with Crippen molar-refractivity contribution in [1.29, 1.82) is 0 Å². The highest BCUT2D eigenvalue weighted by Crippen LogP contribution is 2.27. The van der Waals surface area contributed by atoms with Gasteiger partial charge in [-0.2, -0.15) is 0 Å². The van der Waals surface area contributed by atoms with Crippen LogP contribution in [0, 0.1) is 5.92 Å². The van der Waals surface area contributed by atoms with Gasteiger partial charge >= 0.3 is 0 Å². The maximum atomic E-state index is 12.3. The number of methoxy groups -OCH3 is 2. The van der Waals surface area contributed by atoms with Crippen molar-refractivity contribution in [3.8, 4) is 11.5 Å². The molecule has 1 amide bonds. The molecule has 1 aliphatic rings. The number of hydrogen-bond donors (Lipinski definition) is 2. The van der Waals surface area contributed by atoms with Crippen molar-refractivity contribution < 1.29 is 14.3 Å². The van der Waals surface area contributed by atoms with E-state index in [0.717, 1.165) is 19.5 Å². The van der Waals surface area contributed by atoms with Crippen molar-refractivity contribution in [2.75, 3.05) is 27.3 Å². The van der Waals surface area contributed by atoms with Gasteiger partial charge in [-0.05, 0) is 43.6 Å². The fraction of sp³-hybridized carbons (Fsp3) is 0.533. The molecule has 1 aliphatic heterocycles. The molecule has 2 atom stereocenters. The van der Waals surface area contributed by atoms with Crippen molar-refractivity contribution in [1.82, 2.24) is 10.6 Å². The Balaban J connectivity index is 0.00000220. The Bertz CT molecular complexity index is 482. The zero-order valence-corrected chi connectivity index (χ0v) is 13.5. The topological polar surface area (TPSA) is 59.6 Å². The Morgan fingerprint density at radius 1 is 1.29 bits per heavy atom. The highest BCUT2D eigenvalue weighted by Gasteiger charge is 2.23. The summed E-state index contributed by atoms with van der Waals surface area (Å²) in [5.41, 5.74) is 0.591. The van der Waals surface area contributed by atoms with E-state index in [-0.39, 0.29) is 24.4 Å². The lowest BCUT2D eigenvalue weighted by molar-refractivity contribution is 0.0914. The van der Waals surface area contributed by atoms with Crippen LogP contribution in [-0.4, -0.2) is 39.3 Å². The minimum absolute atomic E-state index is 0. The summed E-state index contributed by atoms with van der Waals surface area (Å²) in [4.78, 5) is 12.3. The Morgan fingerprint density at radius 3 is 2.62 bits per heavy atom. The molecule has 0 bridgehead atoms. The number of amides is 1. The van der Waals surface area contributed by atoms with Gasteiger partial charge in [0.2, 0.25) is 0 Å². The summed E-state index contributed by atoms with van der Waals surface area (Å²) in [5, 5.41) is 6.42. The van der Waals surface area contributed by atoms with Crippen LogP contribution in [0.1, 0.15) is 23.7 Å². The molecule has 6 heteroatoms. The monoisotopic (exact) mass is 314 g/mol. The Kier molecular flexibility index (Phi) is 6.78. The fourth-order valence-corrected chi connectivity index (χ4v) is 2.46. The lowest BCUT2D eigenvalue weighted by atomic mass is 9.95. The van der Waals surface area contributed by atoms with Gasteiger partial charge in [-0.3, -0.25) is 4.79 Å². The fourth-order valence-electron chi connectivity index (χ4n) is 2.46. The molecule has 1 aromatic carbocycles. The van der Waals surface area contributed by atoms with E-state index in [1.54, 1.807) is 32.4 Å². The number of hydrogen-bond acceptors (Lipinski definition) is 4. The zero-order chi connectivity index (χ0) is 14.5. The van der Waals surface area contributed by atoms with Gasteiger partial charge in [0.05, 0.1) is 14.2 Å². The maximum Gasteiger partial charge on any atom is 0.251 e. The molecule has 21 heavy (non-hydrogen) atoms. The highest BCUT2D eigenvalue weighted by molar-refractivity contribution is 5.95. The van der Waals surface area contributed by atoms with Crippen LogP contribution < -0.4 is 20.1 Å². The summed E-state index contributed by atoms with van der Waals surface area (Å²) in [6.45, 7) is 4.03. The molecule has 2 unspecified atom stereocenters. The van der Waals surface area contributed by atoms with E-state index in [1.165, 1.54) is 0 Å². The number of piperidine rings is 1. The van der Waals surface area contributed by atoms with Crippen LogP contribution >= 0.6 is 12.4 Å². The first kappa shape index (κ1) is 17.6. The lowest BCUT2D eigenvalue weighted by Crippen LogP contribution is -2.48. The second-order valence-corrected chi connectivity index (χ2v) is 5.12. The summed E-state index contributed by atoms with van der Waals surface area (Å²) in [6.07, 6.45) is 0.959. The molecule has 0 aliphatic carbocycles. The first-order chi connectivity index (χ1) is 9.65. The number of carbonyl (C=O) groups excluding carboxylic acids is 1. The van der Waals surface area contributed by atoms with Gasteiger partial charge in [-0.15, -0.1) is 12.4 Å². The van der Waals surface area contributed by atoms with Crippen LogP contribution in [0.2, 0.25) is 0 Å². The first-order valence-corrected chi connectivity index (χ1v) is 6.89. The van der Waals surface area contributed by atoms with Crippen molar-refractivity contribution in [2.24, 2.45) is 5.92 Å². The molecule has 2 rings (SSSR count). The number of halogens is 1. The molecule has 1 heterocycles. The van der Waals surface area contributed by atoms with Crippen molar-refractivity contribution in [2.45, 2.75) is 19.4 Å². The molecule has 1 aromatic rings. The van der Waals surface area contributed by atoms with Crippen molar-refractivity contribution in [3.63, 3.8) is 0 Å². The second-order valence-electron chi connectivity index (χ2n) is 5.12. The van der Waals surface area contributed by atoms with Gasteiger partial charge in [0, 0.05) is 11.6 Å². The standard InChI is InChI=1S/C15H22N2O3.ClH/c1-10-9-16-7-6-12(10)17-15(18)11-4-5-13(19-2)14(8-11)20-3;/h4-5,8,10,12,16H,6-7,9H2,1-3H3,(H,17,18);1H. The molecule has 118 valence electrons. The summed E-state index contributed by atoms with van der Waals surface area (Å²) in [5.74, 6) is 1.57. The molecule has 0 aromatic heterocycles. The van der Waals surface area contributed by atoms with Crippen LogP contribution in [0.15, 0.2) is 18.2 Å². The lowest BCUT2D eigenvalue weighted by Gasteiger charge is -2.30. The smallest absolute Gasteiger partial charge is 0.251 e. The van der Waals surface area contributed by atoms with E-state index < -0.39 is 0 Å². The van der Waals surface area contributed by atoms with E-state index in [0.29, 0.717) is 23.0 Å². The summed E-state index contributed by atoms with van der Waals surface area (Å²) < 4.78 is 10.4. The van der Waals surface area contributed by atoms with Gasteiger partial charge in [0.15, 0.2) is 11.5 Å². The molecule has 2 N–H and O–H groups in total. The number of nitrogens with one attached hydrogen (secondary N) is 2. The highest BCUT2D eigenvalue weighted by atomic mass is 35.5. The van der Waals surface area contributed by atoms with E-state index in [4.69, 9.17) is 9.47 Å². The van der Waals surface area contributed by atoms with Gasteiger partial charge in [-0.1, -0.05) is 6.92 Å². The minimum atomic E-state index is -0.0651. The number of rotatable bonds is 4. The van der Waals surface area contributed by atoms with E-state index in [1.807, 2.05) is 0 Å². The number of ether oxygens (including phenoxy) is 2. The van der Waals surface area contributed by atoms with E-state index in [2.05, 4.69) is 17.6 Å². The molecule has 1 saturated heterocycles. The number of benzene rings is 1. The molecule has 0 saturated carbocycles. The number of carbonyl (C=O) groups is 1. The maximum absolute atomic E-state index is 12.3. The van der Waals surface area contributed by atoms with Crippen molar-refractivity contribution in [3.05, 3.63) is 23.8 Å². The predicted molar refractivity (Wildman–Crippen MR) is 84.7 cm³/mol. The minimum Gasteiger partial charge on any atom is -0.493 e. The van der Waals surface area contributed by atoms with Gasteiger partial charge < -0.3 is 20.1 Å². The molecule has 5 nitrogen and oxygen atoms in total. The largest absolute Gasteiger partial charge is 0.493 e. The average molecular weight is 315 g/mol. The molecule has 0 spiro atoms. The molecular formula is C15H23ClN2O3. The van der Waals surface area contributed by atoms with Gasteiger partial charge in [0.1, 0.15) is 0 Å². The third-order valence-electron chi connectivity index (χ3n) is 3.75. The van der Waals surface area contributed by atoms with E-state index >= 15 is 0 Å². The predicted octanol–water partition coefficient (Wildman–Crippen LogP) is 1.85. The Morgan fingerprint density at radius 2 is 2.00 bits per heavy atom. The van der Waals surface area contributed by atoms with Crippen molar-refractivity contribution >= 4 is 18.3 Å². The van der Waals surface area contributed by atoms with E-state index in [9.17, 15) is 4.79 Å². The van der Waals surface area contributed by atoms with Crippen LogP contribution in [0.25, 0.3) is 0 Å². The quantitative estimate of drug-likeness (QED) is 0.890. The molecular weight excluding hydrogens is 292 g/mol. The van der Waals surface area contributed by atoms with Gasteiger partial charge in [0.25, 0.3) is 5.91 Å². The summed E-state index contributed by atoms with van der Waals surface area (Å²) in [6, 6.07) is 5.43. The van der Waals surface area contributed by atoms with Crippen LogP contribution in [0.3, 0.4) is 0 Å². The van der Waals surface area contributed by atoms with Crippen LogP contribution in [0.5, 0.6) is 11.5 Å².